The minimum atomic E-state index is -0.254. The molecule has 0 aliphatic heterocycles. The first-order chi connectivity index (χ1) is 7.99. The number of ketones is 1. The molecule has 2 nitrogen and oxygen atoms in total. The Morgan fingerprint density at radius 2 is 2.18 bits per heavy atom. The standard InChI is InChI=1S/C14H20FNO/c1-10-8-13(15)7-6-12(10)9-14(17)5-3-4-11(2)16/h6-8,11H,3-5,9,16H2,1-2H3. The largest absolute Gasteiger partial charge is 0.328 e. The van der Waals surface area contributed by atoms with Gasteiger partial charge in [0.05, 0.1) is 0 Å². The van der Waals surface area contributed by atoms with Gasteiger partial charge in [-0.05, 0) is 49.9 Å². The van der Waals surface area contributed by atoms with Gasteiger partial charge in [0, 0.05) is 18.9 Å². The summed E-state index contributed by atoms with van der Waals surface area (Å²) in [4.78, 5) is 11.7. The number of rotatable bonds is 6. The molecule has 0 aliphatic carbocycles. The first kappa shape index (κ1) is 13.8. The molecular weight excluding hydrogens is 217 g/mol. The van der Waals surface area contributed by atoms with E-state index in [4.69, 9.17) is 5.73 Å². The third-order valence-electron chi connectivity index (χ3n) is 2.81. The van der Waals surface area contributed by atoms with Crippen molar-refractivity contribution in [3.8, 4) is 0 Å². The lowest BCUT2D eigenvalue weighted by Crippen LogP contribution is -2.15. The molecule has 3 heteroatoms. The SMILES string of the molecule is Cc1cc(F)ccc1CC(=O)CCCC(C)N. The summed E-state index contributed by atoms with van der Waals surface area (Å²) < 4.78 is 12.9. The zero-order valence-corrected chi connectivity index (χ0v) is 10.5. The molecule has 0 aromatic heterocycles. The van der Waals surface area contributed by atoms with Crippen LogP contribution < -0.4 is 5.73 Å². The predicted octanol–water partition coefficient (Wildman–Crippen LogP) is 2.76. The molecule has 0 heterocycles. The van der Waals surface area contributed by atoms with Gasteiger partial charge in [-0.15, -0.1) is 0 Å². The Morgan fingerprint density at radius 1 is 1.47 bits per heavy atom. The fraction of sp³-hybridized carbons (Fsp3) is 0.500. The summed E-state index contributed by atoms with van der Waals surface area (Å²) in [6.45, 7) is 3.77. The van der Waals surface area contributed by atoms with Crippen molar-refractivity contribution in [1.29, 1.82) is 0 Å². The van der Waals surface area contributed by atoms with Crippen LogP contribution in [0.4, 0.5) is 4.39 Å². The van der Waals surface area contributed by atoms with E-state index in [0.29, 0.717) is 12.8 Å². The zero-order chi connectivity index (χ0) is 12.8. The topological polar surface area (TPSA) is 43.1 Å². The Hall–Kier alpha value is -1.22. The maximum atomic E-state index is 12.9. The van der Waals surface area contributed by atoms with E-state index in [0.717, 1.165) is 24.0 Å². The molecule has 1 aromatic rings. The number of hydrogen-bond donors (Lipinski definition) is 1. The van der Waals surface area contributed by atoms with E-state index in [1.807, 2.05) is 13.8 Å². The molecule has 1 unspecified atom stereocenters. The van der Waals surface area contributed by atoms with Crippen molar-refractivity contribution in [1.82, 2.24) is 0 Å². The first-order valence-corrected chi connectivity index (χ1v) is 6.01. The summed E-state index contributed by atoms with van der Waals surface area (Å²) in [5, 5.41) is 0. The number of halogens is 1. The van der Waals surface area contributed by atoms with Gasteiger partial charge in [-0.3, -0.25) is 4.79 Å². The summed E-state index contributed by atoms with van der Waals surface area (Å²) in [6.07, 6.45) is 2.65. The molecular formula is C14H20FNO. The average Bonchev–Trinajstić information content (AvgIpc) is 2.21. The van der Waals surface area contributed by atoms with Gasteiger partial charge in [0.25, 0.3) is 0 Å². The lowest BCUT2D eigenvalue weighted by atomic mass is 10.00. The van der Waals surface area contributed by atoms with Crippen LogP contribution >= 0.6 is 0 Å². The van der Waals surface area contributed by atoms with Gasteiger partial charge in [-0.25, -0.2) is 4.39 Å². The quantitative estimate of drug-likeness (QED) is 0.826. The highest BCUT2D eigenvalue weighted by atomic mass is 19.1. The lowest BCUT2D eigenvalue weighted by molar-refractivity contribution is -0.118. The van der Waals surface area contributed by atoms with Crippen molar-refractivity contribution >= 4 is 5.78 Å². The summed E-state index contributed by atoms with van der Waals surface area (Å²) in [7, 11) is 0. The smallest absolute Gasteiger partial charge is 0.137 e. The number of aryl methyl sites for hydroxylation is 1. The van der Waals surface area contributed by atoms with Gasteiger partial charge in [0.1, 0.15) is 11.6 Å². The number of carbonyl (C=O) groups is 1. The third-order valence-corrected chi connectivity index (χ3v) is 2.81. The van der Waals surface area contributed by atoms with Crippen molar-refractivity contribution in [3.05, 3.63) is 35.1 Å². The second-order valence-corrected chi connectivity index (χ2v) is 4.66. The monoisotopic (exact) mass is 237 g/mol. The molecule has 1 atom stereocenters. The first-order valence-electron chi connectivity index (χ1n) is 6.01. The summed E-state index contributed by atoms with van der Waals surface area (Å²) >= 11 is 0. The second kappa shape index (κ2) is 6.50. The van der Waals surface area contributed by atoms with E-state index in [2.05, 4.69) is 0 Å². The Labute approximate surface area is 102 Å². The number of carbonyl (C=O) groups excluding carboxylic acids is 1. The molecule has 0 fully saturated rings. The highest BCUT2D eigenvalue weighted by molar-refractivity contribution is 5.81. The van der Waals surface area contributed by atoms with Gasteiger partial charge in [-0.1, -0.05) is 6.07 Å². The van der Waals surface area contributed by atoms with Crippen molar-refractivity contribution in [2.45, 2.75) is 45.6 Å². The lowest BCUT2D eigenvalue weighted by Gasteiger charge is -2.06. The zero-order valence-electron chi connectivity index (χ0n) is 10.5. The number of nitrogens with two attached hydrogens (primary N) is 1. The third kappa shape index (κ3) is 5.09. The van der Waals surface area contributed by atoms with Gasteiger partial charge < -0.3 is 5.73 Å². The Bertz CT molecular complexity index is 388. The van der Waals surface area contributed by atoms with Crippen LogP contribution in [0.5, 0.6) is 0 Å². The van der Waals surface area contributed by atoms with E-state index in [1.54, 1.807) is 6.07 Å². The molecule has 1 rings (SSSR count). The Kier molecular flexibility index (Phi) is 5.29. The fourth-order valence-electron chi connectivity index (χ4n) is 1.78. The molecule has 0 radical (unpaired) electrons. The maximum Gasteiger partial charge on any atom is 0.137 e. The van der Waals surface area contributed by atoms with Crippen LogP contribution in [0.25, 0.3) is 0 Å². The highest BCUT2D eigenvalue weighted by Crippen LogP contribution is 2.12. The minimum Gasteiger partial charge on any atom is -0.328 e. The van der Waals surface area contributed by atoms with Crippen LogP contribution in [-0.2, 0) is 11.2 Å². The van der Waals surface area contributed by atoms with Crippen LogP contribution in [0.3, 0.4) is 0 Å². The molecule has 0 saturated carbocycles. The molecule has 1 aromatic carbocycles. The summed E-state index contributed by atoms with van der Waals surface area (Å²) in [6, 6.07) is 4.70. The maximum absolute atomic E-state index is 12.9. The summed E-state index contributed by atoms with van der Waals surface area (Å²) in [5.74, 6) is -0.0592. The van der Waals surface area contributed by atoms with Crippen LogP contribution in [0, 0.1) is 12.7 Å². The van der Waals surface area contributed by atoms with Gasteiger partial charge in [-0.2, -0.15) is 0 Å². The summed E-state index contributed by atoms with van der Waals surface area (Å²) in [5.41, 5.74) is 7.37. The number of hydrogen-bond acceptors (Lipinski definition) is 2. The predicted molar refractivity (Wildman–Crippen MR) is 67.3 cm³/mol. The molecule has 0 spiro atoms. The van der Waals surface area contributed by atoms with Crippen molar-refractivity contribution in [2.75, 3.05) is 0 Å². The molecule has 0 bridgehead atoms. The Balaban J connectivity index is 2.45. The minimum absolute atomic E-state index is 0.148. The van der Waals surface area contributed by atoms with Gasteiger partial charge in [0.2, 0.25) is 0 Å². The van der Waals surface area contributed by atoms with Crippen molar-refractivity contribution in [3.63, 3.8) is 0 Å². The van der Waals surface area contributed by atoms with Crippen LogP contribution in [0.2, 0.25) is 0 Å². The van der Waals surface area contributed by atoms with E-state index < -0.39 is 0 Å². The second-order valence-electron chi connectivity index (χ2n) is 4.66. The van der Waals surface area contributed by atoms with Crippen molar-refractivity contribution in [2.24, 2.45) is 5.73 Å². The van der Waals surface area contributed by atoms with Gasteiger partial charge in [0.15, 0.2) is 0 Å². The fourth-order valence-corrected chi connectivity index (χ4v) is 1.78. The molecule has 17 heavy (non-hydrogen) atoms. The molecule has 0 aliphatic rings. The van der Waals surface area contributed by atoms with Crippen LogP contribution in [-0.4, -0.2) is 11.8 Å². The molecule has 0 amide bonds. The van der Waals surface area contributed by atoms with E-state index in [1.165, 1.54) is 12.1 Å². The van der Waals surface area contributed by atoms with Crippen molar-refractivity contribution < 1.29 is 9.18 Å². The molecule has 0 saturated heterocycles. The van der Waals surface area contributed by atoms with E-state index >= 15 is 0 Å². The number of Topliss-reactive ketones (excluding diaryl/α,β-unsaturated/α-hetero) is 1. The number of benzene rings is 1. The normalized spacial score (nSPS) is 12.5. The van der Waals surface area contributed by atoms with Crippen LogP contribution in [0.1, 0.15) is 37.3 Å². The average molecular weight is 237 g/mol. The molecule has 94 valence electrons. The van der Waals surface area contributed by atoms with E-state index in [-0.39, 0.29) is 17.6 Å². The van der Waals surface area contributed by atoms with Crippen LogP contribution in [0.15, 0.2) is 18.2 Å². The molecule has 2 N–H and O–H groups in total. The highest BCUT2D eigenvalue weighted by Gasteiger charge is 2.07. The van der Waals surface area contributed by atoms with Gasteiger partial charge >= 0.3 is 0 Å². The Morgan fingerprint density at radius 3 is 2.76 bits per heavy atom. The van der Waals surface area contributed by atoms with E-state index in [9.17, 15) is 9.18 Å².